The average Bonchev–Trinajstić information content (AvgIpc) is 3.20. The Morgan fingerprint density at radius 1 is 1.50 bits per heavy atom. The molecule has 0 aromatic carbocycles. The van der Waals surface area contributed by atoms with Crippen molar-refractivity contribution in [2.24, 2.45) is 0 Å². The molecule has 2 rings (SSSR count). The van der Waals surface area contributed by atoms with Gasteiger partial charge < -0.3 is 10.6 Å². The van der Waals surface area contributed by atoms with E-state index in [0.29, 0.717) is 12.6 Å². The van der Waals surface area contributed by atoms with Crippen molar-refractivity contribution < 1.29 is 4.79 Å². The topological polar surface area (TPSA) is 57.3 Å². The molecule has 2 N–H and O–H groups in total. The van der Waals surface area contributed by atoms with E-state index >= 15 is 0 Å². The van der Waals surface area contributed by atoms with Crippen molar-refractivity contribution in [1.82, 2.24) is 15.2 Å². The SMILES string of the molecule is CCCNc1cc(CN(C)CC(=O)NC2CC2)ccn1. The first-order chi connectivity index (χ1) is 9.67. The normalized spacial score (nSPS) is 14.3. The van der Waals surface area contributed by atoms with Crippen LogP contribution in [-0.2, 0) is 11.3 Å². The van der Waals surface area contributed by atoms with E-state index in [1.807, 2.05) is 30.3 Å². The Bertz CT molecular complexity index is 445. The number of nitrogens with one attached hydrogen (secondary N) is 2. The molecule has 1 fully saturated rings. The van der Waals surface area contributed by atoms with Crippen molar-refractivity contribution in [1.29, 1.82) is 0 Å². The van der Waals surface area contributed by atoms with Crippen LogP contribution in [0.2, 0.25) is 0 Å². The van der Waals surface area contributed by atoms with E-state index in [1.54, 1.807) is 0 Å². The van der Waals surface area contributed by atoms with Gasteiger partial charge in [0.25, 0.3) is 0 Å². The van der Waals surface area contributed by atoms with Crippen LogP contribution < -0.4 is 10.6 Å². The quantitative estimate of drug-likeness (QED) is 0.757. The molecule has 0 saturated heterocycles. The summed E-state index contributed by atoms with van der Waals surface area (Å²) in [4.78, 5) is 18.0. The Balaban J connectivity index is 1.80. The molecule has 0 unspecified atom stereocenters. The van der Waals surface area contributed by atoms with E-state index in [9.17, 15) is 4.79 Å². The minimum Gasteiger partial charge on any atom is -0.370 e. The lowest BCUT2D eigenvalue weighted by Crippen LogP contribution is -2.35. The largest absolute Gasteiger partial charge is 0.370 e. The Morgan fingerprint density at radius 3 is 3.00 bits per heavy atom. The third-order valence-electron chi connectivity index (χ3n) is 3.19. The summed E-state index contributed by atoms with van der Waals surface area (Å²) in [6.07, 6.45) is 5.15. The standard InChI is InChI=1S/C15H24N4O/c1-3-7-16-14-9-12(6-8-17-14)10-19(2)11-15(20)18-13-4-5-13/h6,8-9,13H,3-5,7,10-11H2,1-2H3,(H,16,17)(H,18,20). The Labute approximate surface area is 120 Å². The highest BCUT2D eigenvalue weighted by Crippen LogP contribution is 2.18. The molecule has 1 heterocycles. The number of hydrogen-bond acceptors (Lipinski definition) is 4. The van der Waals surface area contributed by atoms with Crippen LogP contribution in [0.4, 0.5) is 5.82 Å². The Morgan fingerprint density at radius 2 is 2.30 bits per heavy atom. The van der Waals surface area contributed by atoms with E-state index in [1.165, 1.54) is 5.56 Å². The summed E-state index contributed by atoms with van der Waals surface area (Å²) in [5.41, 5.74) is 1.17. The van der Waals surface area contributed by atoms with Crippen LogP contribution in [0.15, 0.2) is 18.3 Å². The number of carbonyl (C=O) groups excluding carboxylic acids is 1. The van der Waals surface area contributed by atoms with Gasteiger partial charge in [0.05, 0.1) is 6.54 Å². The summed E-state index contributed by atoms with van der Waals surface area (Å²) in [5, 5.41) is 6.28. The summed E-state index contributed by atoms with van der Waals surface area (Å²) in [6, 6.07) is 4.47. The number of aromatic nitrogens is 1. The zero-order valence-electron chi connectivity index (χ0n) is 12.4. The van der Waals surface area contributed by atoms with Gasteiger partial charge in [-0.05, 0) is 44.0 Å². The van der Waals surface area contributed by atoms with Gasteiger partial charge in [-0.15, -0.1) is 0 Å². The predicted octanol–water partition coefficient (Wildman–Crippen LogP) is 1.61. The number of amides is 1. The van der Waals surface area contributed by atoms with E-state index in [-0.39, 0.29) is 5.91 Å². The fourth-order valence-electron chi connectivity index (χ4n) is 2.04. The molecule has 0 aliphatic heterocycles. The van der Waals surface area contributed by atoms with E-state index in [2.05, 4.69) is 22.5 Å². The maximum atomic E-state index is 11.7. The molecule has 20 heavy (non-hydrogen) atoms. The van der Waals surface area contributed by atoms with Gasteiger partial charge in [-0.1, -0.05) is 6.92 Å². The van der Waals surface area contributed by atoms with Crippen molar-refractivity contribution in [3.05, 3.63) is 23.9 Å². The van der Waals surface area contributed by atoms with E-state index in [4.69, 9.17) is 0 Å². The van der Waals surface area contributed by atoms with Crippen molar-refractivity contribution in [2.45, 2.75) is 38.8 Å². The average molecular weight is 276 g/mol. The number of pyridine rings is 1. The highest BCUT2D eigenvalue weighted by molar-refractivity contribution is 5.78. The summed E-state index contributed by atoms with van der Waals surface area (Å²) in [5.74, 6) is 1.02. The fourth-order valence-corrected chi connectivity index (χ4v) is 2.04. The first kappa shape index (κ1) is 14.8. The lowest BCUT2D eigenvalue weighted by Gasteiger charge is -2.16. The van der Waals surface area contributed by atoms with Crippen molar-refractivity contribution in [2.75, 3.05) is 25.5 Å². The van der Waals surface area contributed by atoms with Crippen molar-refractivity contribution >= 4 is 11.7 Å². The molecule has 0 radical (unpaired) electrons. The highest BCUT2D eigenvalue weighted by atomic mass is 16.2. The number of carbonyl (C=O) groups is 1. The van der Waals surface area contributed by atoms with Gasteiger partial charge in [-0.25, -0.2) is 4.98 Å². The molecular weight excluding hydrogens is 252 g/mol. The van der Waals surface area contributed by atoms with Crippen LogP contribution in [0.25, 0.3) is 0 Å². The highest BCUT2D eigenvalue weighted by Gasteiger charge is 2.23. The summed E-state index contributed by atoms with van der Waals surface area (Å²) in [6.45, 7) is 4.25. The minimum atomic E-state index is 0.119. The van der Waals surface area contributed by atoms with Gasteiger partial charge in [0.15, 0.2) is 0 Å². The molecule has 1 aromatic heterocycles. The number of hydrogen-bond donors (Lipinski definition) is 2. The third kappa shape index (κ3) is 5.17. The van der Waals surface area contributed by atoms with Gasteiger partial charge in [-0.2, -0.15) is 0 Å². The van der Waals surface area contributed by atoms with Gasteiger partial charge in [0.1, 0.15) is 5.82 Å². The zero-order chi connectivity index (χ0) is 14.4. The second-order valence-corrected chi connectivity index (χ2v) is 5.49. The third-order valence-corrected chi connectivity index (χ3v) is 3.19. The van der Waals surface area contributed by atoms with E-state index < -0.39 is 0 Å². The molecule has 110 valence electrons. The molecule has 1 aliphatic carbocycles. The number of likely N-dealkylation sites (N-methyl/N-ethyl adjacent to an activating group) is 1. The maximum Gasteiger partial charge on any atom is 0.234 e. The Hall–Kier alpha value is -1.62. The second-order valence-electron chi connectivity index (χ2n) is 5.49. The van der Waals surface area contributed by atoms with Crippen LogP contribution in [0.3, 0.4) is 0 Å². The molecule has 1 aromatic rings. The molecule has 1 saturated carbocycles. The molecule has 1 amide bonds. The second kappa shape index (κ2) is 7.24. The van der Waals surface area contributed by atoms with Crippen LogP contribution in [0.5, 0.6) is 0 Å². The lowest BCUT2D eigenvalue weighted by molar-refractivity contribution is -0.122. The first-order valence-electron chi connectivity index (χ1n) is 7.34. The number of anilines is 1. The molecule has 0 spiro atoms. The number of nitrogens with zero attached hydrogens (tertiary/aromatic N) is 2. The molecular formula is C15H24N4O. The van der Waals surface area contributed by atoms with Gasteiger partial charge in [0, 0.05) is 25.3 Å². The van der Waals surface area contributed by atoms with Gasteiger partial charge in [0.2, 0.25) is 5.91 Å². The van der Waals surface area contributed by atoms with Crippen LogP contribution in [-0.4, -0.2) is 42.0 Å². The van der Waals surface area contributed by atoms with Crippen LogP contribution in [0.1, 0.15) is 31.7 Å². The maximum absolute atomic E-state index is 11.7. The van der Waals surface area contributed by atoms with Gasteiger partial charge in [-0.3, -0.25) is 9.69 Å². The summed E-state index contributed by atoms with van der Waals surface area (Å²) >= 11 is 0. The fraction of sp³-hybridized carbons (Fsp3) is 0.600. The van der Waals surface area contributed by atoms with Crippen molar-refractivity contribution in [3.63, 3.8) is 0 Å². The zero-order valence-corrected chi connectivity index (χ0v) is 12.4. The van der Waals surface area contributed by atoms with Crippen LogP contribution in [0, 0.1) is 0 Å². The number of rotatable bonds is 8. The molecule has 5 nitrogen and oxygen atoms in total. The summed E-state index contributed by atoms with van der Waals surface area (Å²) < 4.78 is 0. The van der Waals surface area contributed by atoms with Gasteiger partial charge >= 0.3 is 0 Å². The molecule has 1 aliphatic rings. The summed E-state index contributed by atoms with van der Waals surface area (Å²) in [7, 11) is 1.96. The molecule has 0 bridgehead atoms. The van der Waals surface area contributed by atoms with Crippen LogP contribution >= 0.6 is 0 Å². The predicted molar refractivity (Wildman–Crippen MR) is 80.5 cm³/mol. The first-order valence-corrected chi connectivity index (χ1v) is 7.34. The smallest absolute Gasteiger partial charge is 0.234 e. The molecule has 5 heteroatoms. The Kier molecular flexibility index (Phi) is 5.35. The van der Waals surface area contributed by atoms with E-state index in [0.717, 1.165) is 38.2 Å². The monoisotopic (exact) mass is 276 g/mol. The molecule has 0 atom stereocenters. The minimum absolute atomic E-state index is 0.119. The lowest BCUT2D eigenvalue weighted by atomic mass is 10.2. The van der Waals surface area contributed by atoms with Crippen molar-refractivity contribution in [3.8, 4) is 0 Å².